The average Bonchev–Trinajstić information content (AvgIpc) is 3.29. The SMILES string of the molecule is CN(Cc1ccccc1)C(=O)N1CCN(C(=O)c2cc(-c3cccc(Cl)c3)n[nH]2)CC1. The van der Waals surface area contributed by atoms with Gasteiger partial charge in [-0.1, -0.05) is 54.1 Å². The molecule has 1 aliphatic rings. The van der Waals surface area contributed by atoms with Gasteiger partial charge in [0.1, 0.15) is 5.69 Å². The van der Waals surface area contributed by atoms with E-state index >= 15 is 0 Å². The third kappa shape index (κ3) is 4.88. The van der Waals surface area contributed by atoms with Crippen LogP contribution in [-0.2, 0) is 6.54 Å². The minimum absolute atomic E-state index is 0.0271. The summed E-state index contributed by atoms with van der Waals surface area (Å²) in [6, 6.07) is 18.9. The number of urea groups is 1. The summed E-state index contributed by atoms with van der Waals surface area (Å²) < 4.78 is 0. The molecule has 1 saturated heterocycles. The first kappa shape index (κ1) is 20.9. The molecule has 31 heavy (non-hydrogen) atoms. The molecule has 1 aliphatic heterocycles. The van der Waals surface area contributed by atoms with Gasteiger partial charge in [0.15, 0.2) is 0 Å². The highest BCUT2D eigenvalue weighted by Crippen LogP contribution is 2.22. The van der Waals surface area contributed by atoms with Crippen LogP contribution in [0.5, 0.6) is 0 Å². The molecule has 0 spiro atoms. The number of carbonyl (C=O) groups excluding carboxylic acids is 2. The molecule has 3 amide bonds. The van der Waals surface area contributed by atoms with Crippen LogP contribution < -0.4 is 0 Å². The molecule has 1 N–H and O–H groups in total. The molecular formula is C23H24ClN5O2. The number of hydrogen-bond acceptors (Lipinski definition) is 3. The fraction of sp³-hybridized carbons (Fsp3) is 0.261. The van der Waals surface area contributed by atoms with Gasteiger partial charge in [-0.3, -0.25) is 9.89 Å². The number of rotatable bonds is 4. The number of H-pyrrole nitrogens is 1. The van der Waals surface area contributed by atoms with Crippen LogP contribution in [0.25, 0.3) is 11.3 Å². The first-order valence-electron chi connectivity index (χ1n) is 10.2. The van der Waals surface area contributed by atoms with E-state index in [4.69, 9.17) is 11.6 Å². The Hall–Kier alpha value is -3.32. The predicted molar refractivity (Wildman–Crippen MR) is 120 cm³/mol. The van der Waals surface area contributed by atoms with E-state index in [1.54, 1.807) is 33.9 Å². The topological polar surface area (TPSA) is 72.5 Å². The highest BCUT2D eigenvalue weighted by Gasteiger charge is 2.27. The molecule has 0 bridgehead atoms. The quantitative estimate of drug-likeness (QED) is 0.675. The number of benzene rings is 2. The molecule has 0 radical (unpaired) electrons. The zero-order chi connectivity index (χ0) is 21.8. The van der Waals surface area contributed by atoms with Crippen LogP contribution >= 0.6 is 11.6 Å². The lowest BCUT2D eigenvalue weighted by Crippen LogP contribution is -2.53. The number of nitrogens with one attached hydrogen (secondary N) is 1. The van der Waals surface area contributed by atoms with Crippen LogP contribution in [0.3, 0.4) is 0 Å². The van der Waals surface area contributed by atoms with Gasteiger partial charge in [0.25, 0.3) is 5.91 Å². The van der Waals surface area contributed by atoms with E-state index in [1.165, 1.54) is 0 Å². The number of amides is 3. The summed E-state index contributed by atoms with van der Waals surface area (Å²) in [6.07, 6.45) is 0. The molecule has 7 nitrogen and oxygen atoms in total. The van der Waals surface area contributed by atoms with Gasteiger partial charge in [-0.15, -0.1) is 0 Å². The number of aromatic amines is 1. The zero-order valence-corrected chi connectivity index (χ0v) is 18.0. The van der Waals surface area contributed by atoms with E-state index in [-0.39, 0.29) is 11.9 Å². The van der Waals surface area contributed by atoms with E-state index in [0.717, 1.165) is 11.1 Å². The molecule has 160 valence electrons. The molecule has 0 saturated carbocycles. The molecule has 0 atom stereocenters. The maximum absolute atomic E-state index is 12.9. The molecule has 1 aromatic heterocycles. The third-order valence-corrected chi connectivity index (χ3v) is 5.59. The van der Waals surface area contributed by atoms with Crippen molar-refractivity contribution in [2.45, 2.75) is 6.54 Å². The summed E-state index contributed by atoms with van der Waals surface area (Å²) in [7, 11) is 1.80. The second-order valence-corrected chi connectivity index (χ2v) is 8.02. The van der Waals surface area contributed by atoms with Gasteiger partial charge < -0.3 is 14.7 Å². The second kappa shape index (κ2) is 9.22. The van der Waals surface area contributed by atoms with Crippen LogP contribution in [0.15, 0.2) is 60.7 Å². The van der Waals surface area contributed by atoms with Crippen LogP contribution in [-0.4, -0.2) is 70.1 Å². The van der Waals surface area contributed by atoms with Crippen LogP contribution in [0.4, 0.5) is 4.79 Å². The minimum atomic E-state index is -0.120. The van der Waals surface area contributed by atoms with Gasteiger partial charge in [0, 0.05) is 50.4 Å². The first-order valence-corrected chi connectivity index (χ1v) is 10.5. The minimum Gasteiger partial charge on any atom is -0.334 e. The summed E-state index contributed by atoms with van der Waals surface area (Å²) in [5.41, 5.74) is 3.03. The van der Waals surface area contributed by atoms with Crippen molar-refractivity contribution in [1.29, 1.82) is 0 Å². The Balaban J connectivity index is 1.33. The molecule has 4 rings (SSSR count). The van der Waals surface area contributed by atoms with Gasteiger partial charge in [0.2, 0.25) is 0 Å². The van der Waals surface area contributed by atoms with Crippen LogP contribution in [0.1, 0.15) is 16.1 Å². The van der Waals surface area contributed by atoms with Crippen molar-refractivity contribution in [2.75, 3.05) is 33.2 Å². The van der Waals surface area contributed by atoms with Crippen molar-refractivity contribution >= 4 is 23.5 Å². The lowest BCUT2D eigenvalue weighted by Gasteiger charge is -2.36. The van der Waals surface area contributed by atoms with Crippen molar-refractivity contribution in [2.24, 2.45) is 0 Å². The van der Waals surface area contributed by atoms with Gasteiger partial charge in [-0.05, 0) is 23.8 Å². The number of piperazine rings is 1. The lowest BCUT2D eigenvalue weighted by atomic mass is 10.1. The molecule has 0 aliphatic carbocycles. The fourth-order valence-electron chi connectivity index (χ4n) is 3.66. The number of aromatic nitrogens is 2. The van der Waals surface area contributed by atoms with Crippen LogP contribution in [0.2, 0.25) is 5.02 Å². The summed E-state index contributed by atoms with van der Waals surface area (Å²) in [5.74, 6) is -0.120. The maximum atomic E-state index is 12.9. The standard InChI is InChI=1S/C23H24ClN5O2/c1-27(16-17-6-3-2-4-7-17)23(31)29-12-10-28(11-13-29)22(30)21-15-20(25-26-21)18-8-5-9-19(24)14-18/h2-9,14-15H,10-13,16H2,1H3,(H,25,26). The molecule has 1 fully saturated rings. The fourth-order valence-corrected chi connectivity index (χ4v) is 3.85. The van der Waals surface area contributed by atoms with E-state index in [0.29, 0.717) is 49.1 Å². The summed E-state index contributed by atoms with van der Waals surface area (Å²) in [4.78, 5) is 30.9. The Morgan fingerprint density at radius 1 is 1.00 bits per heavy atom. The van der Waals surface area contributed by atoms with Crippen molar-refractivity contribution < 1.29 is 9.59 Å². The summed E-state index contributed by atoms with van der Waals surface area (Å²) >= 11 is 6.04. The Morgan fingerprint density at radius 2 is 1.71 bits per heavy atom. The van der Waals surface area contributed by atoms with E-state index in [2.05, 4.69) is 10.2 Å². The Kier molecular flexibility index (Phi) is 6.23. The largest absolute Gasteiger partial charge is 0.334 e. The average molecular weight is 438 g/mol. The summed E-state index contributed by atoms with van der Waals surface area (Å²) in [6.45, 7) is 2.52. The lowest BCUT2D eigenvalue weighted by molar-refractivity contribution is 0.0638. The Labute approximate surface area is 186 Å². The summed E-state index contributed by atoms with van der Waals surface area (Å²) in [5, 5.41) is 7.69. The van der Waals surface area contributed by atoms with Gasteiger partial charge >= 0.3 is 6.03 Å². The number of hydrogen-bond donors (Lipinski definition) is 1. The highest BCUT2D eigenvalue weighted by atomic mass is 35.5. The molecule has 8 heteroatoms. The highest BCUT2D eigenvalue weighted by molar-refractivity contribution is 6.30. The van der Waals surface area contributed by atoms with Crippen molar-refractivity contribution in [3.8, 4) is 11.3 Å². The Morgan fingerprint density at radius 3 is 2.42 bits per heavy atom. The van der Waals surface area contributed by atoms with Crippen molar-refractivity contribution in [3.63, 3.8) is 0 Å². The van der Waals surface area contributed by atoms with Gasteiger partial charge in [-0.2, -0.15) is 5.10 Å². The van der Waals surface area contributed by atoms with E-state index < -0.39 is 0 Å². The zero-order valence-electron chi connectivity index (χ0n) is 17.3. The third-order valence-electron chi connectivity index (χ3n) is 5.36. The van der Waals surface area contributed by atoms with Crippen molar-refractivity contribution in [1.82, 2.24) is 24.9 Å². The molecule has 2 aromatic carbocycles. The number of halogens is 1. The molecule has 2 heterocycles. The van der Waals surface area contributed by atoms with E-state index in [9.17, 15) is 9.59 Å². The number of carbonyl (C=O) groups is 2. The number of nitrogens with zero attached hydrogens (tertiary/aromatic N) is 4. The van der Waals surface area contributed by atoms with Gasteiger partial charge in [0.05, 0.1) is 5.69 Å². The molecule has 3 aromatic rings. The molecular weight excluding hydrogens is 414 g/mol. The normalized spacial score (nSPS) is 13.9. The van der Waals surface area contributed by atoms with E-state index in [1.807, 2.05) is 48.5 Å². The molecule has 0 unspecified atom stereocenters. The smallest absolute Gasteiger partial charge is 0.320 e. The monoisotopic (exact) mass is 437 g/mol. The second-order valence-electron chi connectivity index (χ2n) is 7.58. The van der Waals surface area contributed by atoms with Crippen LogP contribution in [0, 0.1) is 0 Å². The maximum Gasteiger partial charge on any atom is 0.320 e. The Bertz CT molecular complexity index is 1060. The first-order chi connectivity index (χ1) is 15.0. The predicted octanol–water partition coefficient (Wildman–Crippen LogP) is 3.74. The van der Waals surface area contributed by atoms with Crippen molar-refractivity contribution in [3.05, 3.63) is 76.9 Å². The van der Waals surface area contributed by atoms with Gasteiger partial charge in [-0.25, -0.2) is 4.79 Å².